The number of aryl methyl sites for hydroxylation is 1. The van der Waals surface area contributed by atoms with Gasteiger partial charge in [-0.3, -0.25) is 19.7 Å². The molecule has 0 aliphatic carbocycles. The van der Waals surface area contributed by atoms with E-state index in [0.29, 0.717) is 4.88 Å². The first-order valence-electron chi connectivity index (χ1n) is 8.97. The highest BCUT2D eigenvalue weighted by molar-refractivity contribution is 7.12. The van der Waals surface area contributed by atoms with Crippen molar-refractivity contribution in [3.63, 3.8) is 0 Å². The number of hydrogen-bond donors (Lipinski definition) is 1. The smallest absolute Gasteiger partial charge is 0.233 e. The molecule has 27 heavy (non-hydrogen) atoms. The maximum absolute atomic E-state index is 13.4. The van der Waals surface area contributed by atoms with Gasteiger partial charge in [0.2, 0.25) is 11.8 Å². The molecule has 3 aliphatic heterocycles. The molecule has 0 radical (unpaired) electrons. The molecule has 5 nitrogen and oxygen atoms in total. The predicted molar refractivity (Wildman–Crippen MR) is 104 cm³/mol. The summed E-state index contributed by atoms with van der Waals surface area (Å²) < 4.78 is 0. The Morgan fingerprint density at radius 3 is 2.63 bits per heavy atom. The van der Waals surface area contributed by atoms with Crippen LogP contribution in [0.1, 0.15) is 27.7 Å². The van der Waals surface area contributed by atoms with E-state index in [9.17, 15) is 14.4 Å². The summed E-state index contributed by atoms with van der Waals surface area (Å²) in [6.07, 6.45) is 2.04. The molecule has 0 saturated carbocycles. The Balaban J connectivity index is 1.72. The summed E-state index contributed by atoms with van der Waals surface area (Å²) in [7, 11) is 0. The Kier molecular flexibility index (Phi) is 3.43. The maximum Gasteiger partial charge on any atom is 0.233 e. The molecule has 2 saturated heterocycles. The van der Waals surface area contributed by atoms with E-state index in [1.54, 1.807) is 6.07 Å². The molecular formula is C21H18N2O3S. The van der Waals surface area contributed by atoms with E-state index in [-0.39, 0.29) is 23.6 Å². The Bertz CT molecular complexity index is 1020. The van der Waals surface area contributed by atoms with Crippen LogP contribution in [0.4, 0.5) is 5.69 Å². The Morgan fingerprint density at radius 1 is 1.11 bits per heavy atom. The lowest BCUT2D eigenvalue weighted by Crippen LogP contribution is -2.48. The third-order valence-electron chi connectivity index (χ3n) is 5.88. The number of rotatable bonds is 2. The zero-order valence-electron chi connectivity index (χ0n) is 14.9. The largest absolute Gasteiger partial charge is 0.352 e. The molecule has 2 aromatic rings. The van der Waals surface area contributed by atoms with Crippen LogP contribution in [0.5, 0.6) is 0 Å². The van der Waals surface area contributed by atoms with Gasteiger partial charge in [-0.2, -0.15) is 0 Å². The van der Waals surface area contributed by atoms with Crippen LogP contribution in [0.2, 0.25) is 0 Å². The Labute approximate surface area is 160 Å². The van der Waals surface area contributed by atoms with Crippen LogP contribution in [-0.2, 0) is 9.59 Å². The fourth-order valence-corrected chi connectivity index (χ4v) is 5.44. The zero-order chi connectivity index (χ0) is 18.9. The number of thiophene rings is 1. The molecule has 3 aliphatic rings. The molecule has 1 N–H and O–H groups in total. The minimum atomic E-state index is -0.670. The van der Waals surface area contributed by atoms with E-state index in [4.69, 9.17) is 0 Å². The Hall–Kier alpha value is -2.73. The number of nitrogens with zero attached hydrogens (tertiary/aromatic N) is 1. The number of nitrogens with one attached hydrogen (secondary N) is 1. The second kappa shape index (κ2) is 5.63. The van der Waals surface area contributed by atoms with Crippen LogP contribution in [0.25, 0.3) is 5.57 Å². The second-order valence-corrected chi connectivity index (χ2v) is 8.41. The van der Waals surface area contributed by atoms with Crippen molar-refractivity contribution in [2.75, 3.05) is 4.90 Å². The maximum atomic E-state index is 13.4. The minimum absolute atomic E-state index is 0.0909. The lowest BCUT2D eigenvalue weighted by Gasteiger charge is -2.37. The number of imide groups is 1. The van der Waals surface area contributed by atoms with Crippen LogP contribution in [-0.4, -0.2) is 29.7 Å². The number of benzene rings is 1. The number of anilines is 1. The van der Waals surface area contributed by atoms with Crippen molar-refractivity contribution >= 4 is 40.2 Å². The van der Waals surface area contributed by atoms with Gasteiger partial charge in [0.25, 0.3) is 0 Å². The lowest BCUT2D eigenvalue weighted by atomic mass is 9.86. The van der Waals surface area contributed by atoms with Crippen molar-refractivity contribution in [2.24, 2.45) is 11.8 Å². The summed E-state index contributed by atoms with van der Waals surface area (Å²) in [5, 5.41) is 4.30. The van der Waals surface area contributed by atoms with Gasteiger partial charge in [0, 0.05) is 11.3 Å². The molecule has 136 valence electrons. The van der Waals surface area contributed by atoms with Crippen molar-refractivity contribution in [3.8, 4) is 0 Å². The van der Waals surface area contributed by atoms with Gasteiger partial charge in [0.1, 0.15) is 6.04 Å². The van der Waals surface area contributed by atoms with Gasteiger partial charge in [-0.15, -0.1) is 11.3 Å². The van der Waals surface area contributed by atoms with Crippen LogP contribution in [0, 0.1) is 18.8 Å². The fraction of sp³-hybridized carbons (Fsp3) is 0.286. The molecule has 0 spiro atoms. The van der Waals surface area contributed by atoms with Gasteiger partial charge in [-0.05, 0) is 43.0 Å². The molecule has 2 fully saturated rings. The highest BCUT2D eigenvalue weighted by Gasteiger charge is 2.61. The van der Waals surface area contributed by atoms with Crippen LogP contribution >= 0.6 is 11.3 Å². The minimum Gasteiger partial charge on any atom is -0.352 e. The lowest BCUT2D eigenvalue weighted by molar-refractivity contribution is -0.126. The van der Waals surface area contributed by atoms with Crippen molar-refractivity contribution in [3.05, 3.63) is 57.8 Å². The molecule has 1 aromatic carbocycles. The molecular weight excluding hydrogens is 360 g/mol. The second-order valence-electron chi connectivity index (χ2n) is 7.46. The highest BCUT2D eigenvalue weighted by Crippen LogP contribution is 2.49. The van der Waals surface area contributed by atoms with Gasteiger partial charge in [0.05, 0.1) is 22.8 Å². The van der Waals surface area contributed by atoms with Crippen LogP contribution < -0.4 is 10.2 Å². The number of allylic oxidation sites excluding steroid dienone is 1. The first-order chi connectivity index (χ1) is 13.0. The highest BCUT2D eigenvalue weighted by atomic mass is 32.1. The molecule has 6 heteroatoms. The van der Waals surface area contributed by atoms with E-state index in [1.807, 2.05) is 48.4 Å². The van der Waals surface area contributed by atoms with Gasteiger partial charge in [-0.1, -0.05) is 23.8 Å². The number of Topliss-reactive ketones (excluding diaryl/α,β-unsaturated/α-hetero) is 1. The van der Waals surface area contributed by atoms with Crippen LogP contribution in [0.3, 0.4) is 0 Å². The van der Waals surface area contributed by atoms with Gasteiger partial charge in [-0.25, -0.2) is 0 Å². The summed E-state index contributed by atoms with van der Waals surface area (Å²) >= 11 is 1.37. The standard InChI is InChI=1S/C21H18N2O3S/c1-10-5-6-13-12(8-10)11(2)9-14-16-17(21(26)22-20(16)25)18(23(13)14)19(24)15-4-3-7-27-15/h3-9,14,16-18H,1-2H3,(H,22,25,26). The number of fused-ring (bicyclic) bond motifs is 5. The average molecular weight is 378 g/mol. The molecule has 5 rings (SSSR count). The van der Waals surface area contributed by atoms with E-state index in [2.05, 4.69) is 11.4 Å². The predicted octanol–water partition coefficient (Wildman–Crippen LogP) is 2.80. The number of carbonyl (C=O) groups is 3. The van der Waals surface area contributed by atoms with Crippen molar-refractivity contribution < 1.29 is 14.4 Å². The number of amides is 2. The summed E-state index contributed by atoms with van der Waals surface area (Å²) in [6.45, 7) is 4.05. The SMILES string of the molecule is CC1=CC2C3C(=O)NC(=O)C3C(C(=O)c3cccs3)N2c2ccc(C)cc21. The summed E-state index contributed by atoms with van der Waals surface area (Å²) in [4.78, 5) is 41.2. The average Bonchev–Trinajstić information content (AvgIpc) is 3.33. The Morgan fingerprint density at radius 2 is 1.89 bits per heavy atom. The topological polar surface area (TPSA) is 66.5 Å². The number of ketones is 1. The first kappa shape index (κ1) is 16.4. The molecule has 4 heterocycles. The number of hydrogen-bond acceptors (Lipinski definition) is 5. The molecule has 2 amide bonds. The van der Waals surface area contributed by atoms with Crippen molar-refractivity contribution in [2.45, 2.75) is 25.9 Å². The summed E-state index contributed by atoms with van der Waals surface area (Å²) in [6, 6.07) is 8.77. The third-order valence-corrected chi connectivity index (χ3v) is 6.76. The fourth-order valence-electron chi connectivity index (χ4n) is 4.74. The number of carbonyl (C=O) groups excluding carboxylic acids is 3. The molecule has 4 atom stereocenters. The molecule has 0 bridgehead atoms. The van der Waals surface area contributed by atoms with Gasteiger partial charge >= 0.3 is 0 Å². The third kappa shape index (κ3) is 2.19. The summed E-state index contributed by atoms with van der Waals surface area (Å²) in [5.74, 6) is -1.90. The quantitative estimate of drug-likeness (QED) is 0.645. The van der Waals surface area contributed by atoms with E-state index in [0.717, 1.165) is 22.4 Å². The van der Waals surface area contributed by atoms with Crippen molar-refractivity contribution in [1.29, 1.82) is 0 Å². The van der Waals surface area contributed by atoms with Gasteiger partial charge in [0.15, 0.2) is 5.78 Å². The van der Waals surface area contributed by atoms with E-state index in [1.165, 1.54) is 11.3 Å². The van der Waals surface area contributed by atoms with Gasteiger partial charge < -0.3 is 4.90 Å². The van der Waals surface area contributed by atoms with E-state index >= 15 is 0 Å². The van der Waals surface area contributed by atoms with Crippen molar-refractivity contribution in [1.82, 2.24) is 5.32 Å². The monoisotopic (exact) mass is 378 g/mol. The summed E-state index contributed by atoms with van der Waals surface area (Å²) in [5.41, 5.74) is 4.19. The van der Waals surface area contributed by atoms with E-state index < -0.39 is 17.9 Å². The zero-order valence-corrected chi connectivity index (χ0v) is 15.7. The van der Waals surface area contributed by atoms with Crippen LogP contribution in [0.15, 0.2) is 41.8 Å². The normalized spacial score (nSPS) is 28.4. The molecule has 1 aromatic heterocycles. The molecule has 4 unspecified atom stereocenters. The first-order valence-corrected chi connectivity index (χ1v) is 9.85.